The van der Waals surface area contributed by atoms with Crippen LogP contribution in [-0.2, 0) is 4.79 Å². The summed E-state index contributed by atoms with van der Waals surface area (Å²) in [6.45, 7) is 1.95. The lowest BCUT2D eigenvalue weighted by molar-refractivity contribution is -0.128. The van der Waals surface area contributed by atoms with E-state index in [9.17, 15) is 9.90 Å². The van der Waals surface area contributed by atoms with Gasteiger partial charge in [0.2, 0.25) is 5.91 Å². The third-order valence-electron chi connectivity index (χ3n) is 3.63. The Labute approximate surface area is 108 Å². The summed E-state index contributed by atoms with van der Waals surface area (Å²) in [5.41, 5.74) is 0.905. The second-order valence-corrected chi connectivity index (χ2v) is 5.20. The van der Waals surface area contributed by atoms with E-state index in [1.807, 2.05) is 37.3 Å². The molecule has 1 aliphatic rings. The van der Waals surface area contributed by atoms with E-state index in [1.54, 1.807) is 0 Å². The van der Waals surface area contributed by atoms with Crippen molar-refractivity contribution in [1.29, 1.82) is 0 Å². The van der Waals surface area contributed by atoms with Crippen LogP contribution >= 0.6 is 0 Å². The second kappa shape index (κ2) is 6.01. The molecule has 2 unspecified atom stereocenters. The summed E-state index contributed by atoms with van der Waals surface area (Å²) in [5.74, 6) is 0.357. The minimum Gasteiger partial charge on any atom is -0.388 e. The van der Waals surface area contributed by atoms with Crippen molar-refractivity contribution < 1.29 is 9.90 Å². The lowest BCUT2D eigenvalue weighted by Crippen LogP contribution is -2.40. The first-order valence-corrected chi connectivity index (χ1v) is 6.70. The Balaban J connectivity index is 1.79. The van der Waals surface area contributed by atoms with Gasteiger partial charge < -0.3 is 10.4 Å². The highest BCUT2D eigenvalue weighted by atomic mass is 16.3. The van der Waals surface area contributed by atoms with E-state index in [0.717, 1.165) is 18.4 Å². The summed E-state index contributed by atoms with van der Waals surface area (Å²) in [4.78, 5) is 11.8. The third kappa shape index (κ3) is 3.33. The number of hydrogen-bond donors (Lipinski definition) is 2. The van der Waals surface area contributed by atoms with Gasteiger partial charge in [-0.25, -0.2) is 0 Å². The molecule has 2 atom stereocenters. The van der Waals surface area contributed by atoms with Crippen LogP contribution < -0.4 is 5.32 Å². The Hall–Kier alpha value is -1.35. The number of nitrogens with one attached hydrogen (secondary N) is 1. The van der Waals surface area contributed by atoms with E-state index in [0.29, 0.717) is 6.42 Å². The Morgan fingerprint density at radius 2 is 2.06 bits per heavy atom. The Bertz CT molecular complexity index is 387. The van der Waals surface area contributed by atoms with Crippen molar-refractivity contribution in [2.75, 3.05) is 0 Å². The summed E-state index contributed by atoms with van der Waals surface area (Å²) < 4.78 is 0. The van der Waals surface area contributed by atoms with Crippen LogP contribution in [0.1, 0.15) is 44.3 Å². The van der Waals surface area contributed by atoms with Crippen molar-refractivity contribution in [3.63, 3.8) is 0 Å². The Morgan fingerprint density at radius 3 is 2.61 bits per heavy atom. The van der Waals surface area contributed by atoms with Crippen molar-refractivity contribution >= 4 is 5.91 Å². The third-order valence-corrected chi connectivity index (χ3v) is 3.63. The maximum Gasteiger partial charge on any atom is 0.223 e. The van der Waals surface area contributed by atoms with Gasteiger partial charge in [-0.2, -0.15) is 0 Å². The molecule has 1 fully saturated rings. The highest BCUT2D eigenvalue weighted by Crippen LogP contribution is 2.26. The summed E-state index contributed by atoms with van der Waals surface area (Å²) >= 11 is 0. The van der Waals surface area contributed by atoms with Gasteiger partial charge >= 0.3 is 0 Å². The number of hydrogen-bond acceptors (Lipinski definition) is 2. The van der Waals surface area contributed by atoms with Gasteiger partial charge in [0.05, 0.1) is 6.10 Å². The van der Waals surface area contributed by atoms with Crippen LogP contribution in [0, 0.1) is 5.92 Å². The minimum atomic E-state index is -0.511. The molecule has 0 heterocycles. The molecule has 3 heteroatoms. The number of carbonyl (C=O) groups is 1. The molecule has 98 valence electrons. The largest absolute Gasteiger partial charge is 0.388 e. The van der Waals surface area contributed by atoms with Crippen LogP contribution in [-0.4, -0.2) is 17.1 Å². The zero-order valence-corrected chi connectivity index (χ0v) is 10.8. The molecule has 0 aliphatic heterocycles. The van der Waals surface area contributed by atoms with Crippen molar-refractivity contribution in [3.8, 4) is 0 Å². The fourth-order valence-electron chi connectivity index (χ4n) is 2.24. The number of carbonyl (C=O) groups excluding carboxylic acids is 1. The minimum absolute atomic E-state index is 0.00769. The predicted octanol–water partition coefficient (Wildman–Crippen LogP) is 2.41. The standard InChI is InChI=1S/C15H21NO2/c1-11(16-15(18)13-8-5-9-13)10-14(17)12-6-3-2-4-7-12/h2-4,6-7,11,13-14,17H,5,8-10H2,1H3,(H,16,18). The molecule has 3 nitrogen and oxygen atoms in total. The first kappa shape index (κ1) is 13.1. The van der Waals surface area contributed by atoms with Gasteiger partial charge in [0.15, 0.2) is 0 Å². The SMILES string of the molecule is CC(CC(O)c1ccccc1)NC(=O)C1CCC1. The summed E-state index contributed by atoms with van der Waals surface area (Å²) in [6.07, 6.45) is 3.24. The predicted molar refractivity (Wildman–Crippen MR) is 71.0 cm³/mol. The molecular weight excluding hydrogens is 226 g/mol. The highest BCUT2D eigenvalue weighted by Gasteiger charge is 2.26. The van der Waals surface area contributed by atoms with E-state index in [2.05, 4.69) is 5.32 Å². The Kier molecular flexibility index (Phi) is 4.37. The molecule has 1 aromatic rings. The molecule has 2 rings (SSSR count). The average molecular weight is 247 g/mol. The van der Waals surface area contributed by atoms with E-state index in [4.69, 9.17) is 0 Å². The van der Waals surface area contributed by atoms with Gasteiger partial charge in [-0.05, 0) is 31.7 Å². The zero-order valence-electron chi connectivity index (χ0n) is 10.8. The molecule has 1 saturated carbocycles. The van der Waals surface area contributed by atoms with Crippen LogP contribution in [0.25, 0.3) is 0 Å². The van der Waals surface area contributed by atoms with E-state index in [1.165, 1.54) is 6.42 Å². The second-order valence-electron chi connectivity index (χ2n) is 5.20. The maximum absolute atomic E-state index is 11.8. The quantitative estimate of drug-likeness (QED) is 0.839. The molecule has 1 aliphatic carbocycles. The topological polar surface area (TPSA) is 49.3 Å². The maximum atomic E-state index is 11.8. The van der Waals surface area contributed by atoms with Gasteiger partial charge in [-0.3, -0.25) is 4.79 Å². The van der Waals surface area contributed by atoms with Crippen LogP contribution in [0.2, 0.25) is 0 Å². The normalized spacial score (nSPS) is 18.8. The highest BCUT2D eigenvalue weighted by molar-refractivity contribution is 5.79. The zero-order chi connectivity index (χ0) is 13.0. The van der Waals surface area contributed by atoms with Gasteiger partial charge in [-0.1, -0.05) is 36.8 Å². The van der Waals surface area contributed by atoms with Crippen molar-refractivity contribution in [1.82, 2.24) is 5.32 Å². The molecule has 0 saturated heterocycles. The fourth-order valence-corrected chi connectivity index (χ4v) is 2.24. The number of aliphatic hydroxyl groups excluding tert-OH is 1. The lowest BCUT2D eigenvalue weighted by atomic mass is 9.84. The number of rotatable bonds is 5. The summed E-state index contributed by atoms with van der Waals surface area (Å²) in [6, 6.07) is 9.58. The van der Waals surface area contributed by atoms with Gasteiger partial charge in [0, 0.05) is 12.0 Å². The van der Waals surface area contributed by atoms with E-state index < -0.39 is 6.10 Å². The number of amides is 1. The molecule has 0 radical (unpaired) electrons. The first-order chi connectivity index (χ1) is 8.66. The van der Waals surface area contributed by atoms with Crippen molar-refractivity contribution in [3.05, 3.63) is 35.9 Å². The van der Waals surface area contributed by atoms with Crippen molar-refractivity contribution in [2.45, 2.75) is 44.8 Å². The Morgan fingerprint density at radius 1 is 1.39 bits per heavy atom. The lowest BCUT2D eigenvalue weighted by Gasteiger charge is -2.27. The van der Waals surface area contributed by atoms with E-state index >= 15 is 0 Å². The van der Waals surface area contributed by atoms with E-state index in [-0.39, 0.29) is 17.9 Å². The molecule has 18 heavy (non-hydrogen) atoms. The summed E-state index contributed by atoms with van der Waals surface area (Å²) in [5, 5.41) is 13.0. The molecule has 1 aromatic carbocycles. The van der Waals surface area contributed by atoms with Crippen molar-refractivity contribution in [2.24, 2.45) is 5.92 Å². The van der Waals surface area contributed by atoms with Crippen LogP contribution in [0.3, 0.4) is 0 Å². The smallest absolute Gasteiger partial charge is 0.223 e. The molecule has 1 amide bonds. The average Bonchev–Trinajstić information content (AvgIpc) is 2.27. The monoisotopic (exact) mass is 247 g/mol. The molecule has 2 N–H and O–H groups in total. The van der Waals surface area contributed by atoms with Gasteiger partial charge in [0.25, 0.3) is 0 Å². The fraction of sp³-hybridized carbons (Fsp3) is 0.533. The van der Waals surface area contributed by atoms with Gasteiger partial charge in [-0.15, -0.1) is 0 Å². The molecular formula is C15H21NO2. The van der Waals surface area contributed by atoms with Crippen LogP contribution in [0.15, 0.2) is 30.3 Å². The molecule has 0 bridgehead atoms. The van der Waals surface area contributed by atoms with Crippen LogP contribution in [0.5, 0.6) is 0 Å². The van der Waals surface area contributed by atoms with Gasteiger partial charge in [0.1, 0.15) is 0 Å². The molecule has 0 spiro atoms. The summed E-state index contributed by atoms with van der Waals surface area (Å²) in [7, 11) is 0. The molecule has 0 aromatic heterocycles. The van der Waals surface area contributed by atoms with Crippen LogP contribution in [0.4, 0.5) is 0 Å². The number of benzene rings is 1. The number of aliphatic hydroxyl groups is 1. The first-order valence-electron chi connectivity index (χ1n) is 6.70.